The maximum Gasteiger partial charge on any atom is 0.260 e. The van der Waals surface area contributed by atoms with E-state index in [2.05, 4.69) is 5.32 Å². The summed E-state index contributed by atoms with van der Waals surface area (Å²) in [5.74, 6) is -0.818. The van der Waals surface area contributed by atoms with E-state index in [1.165, 1.54) is 12.1 Å². The second kappa shape index (κ2) is 7.24. The van der Waals surface area contributed by atoms with Gasteiger partial charge in [0.2, 0.25) is 0 Å². The van der Waals surface area contributed by atoms with Gasteiger partial charge in [0.1, 0.15) is 11.6 Å². The van der Waals surface area contributed by atoms with Crippen LogP contribution >= 0.6 is 11.6 Å². The highest BCUT2D eigenvalue weighted by Gasteiger charge is 2.16. The van der Waals surface area contributed by atoms with Crippen molar-refractivity contribution < 1.29 is 19.0 Å². The summed E-state index contributed by atoms with van der Waals surface area (Å²) in [6, 6.07) is 8.84. The number of halogens is 2. The molecule has 2 N–H and O–H groups in total. The number of rotatable bonds is 5. The minimum absolute atomic E-state index is 0.0332. The summed E-state index contributed by atoms with van der Waals surface area (Å²) < 4.78 is 19.1. The zero-order chi connectivity index (χ0) is 16.1. The molecule has 4 nitrogen and oxygen atoms in total. The largest absolute Gasteiger partial charge is 0.494 e. The number of benzene rings is 2. The van der Waals surface area contributed by atoms with Gasteiger partial charge in [-0.15, -0.1) is 0 Å². The third kappa shape index (κ3) is 3.55. The molecule has 0 spiro atoms. The minimum atomic E-state index is -0.696. The molecular weight excluding hydrogens is 309 g/mol. The summed E-state index contributed by atoms with van der Waals surface area (Å²) in [4.78, 5) is 12.1. The molecule has 0 saturated carbocycles. The van der Waals surface area contributed by atoms with Crippen molar-refractivity contribution in [1.29, 1.82) is 0 Å². The molecule has 0 heterocycles. The molecule has 6 heteroatoms. The molecule has 22 heavy (non-hydrogen) atoms. The Morgan fingerprint density at radius 2 is 2.14 bits per heavy atom. The van der Waals surface area contributed by atoms with Crippen molar-refractivity contribution in [2.75, 3.05) is 11.9 Å². The molecule has 0 radical (unpaired) electrons. The Labute approximate surface area is 132 Å². The minimum Gasteiger partial charge on any atom is -0.494 e. The number of carbonyl (C=O) groups is 1. The molecule has 0 aromatic heterocycles. The smallest absolute Gasteiger partial charge is 0.260 e. The molecule has 0 aliphatic rings. The first kappa shape index (κ1) is 16.3. The summed E-state index contributed by atoms with van der Waals surface area (Å²) in [6.07, 6.45) is 0. The van der Waals surface area contributed by atoms with Crippen molar-refractivity contribution in [2.24, 2.45) is 0 Å². The van der Waals surface area contributed by atoms with Crippen molar-refractivity contribution in [3.8, 4) is 5.75 Å². The molecule has 2 rings (SSSR count). The lowest BCUT2D eigenvalue weighted by Crippen LogP contribution is -2.14. The predicted octanol–water partition coefficient (Wildman–Crippen LogP) is 3.62. The van der Waals surface area contributed by atoms with Crippen LogP contribution in [0.4, 0.5) is 10.1 Å². The molecule has 0 aliphatic carbocycles. The van der Waals surface area contributed by atoms with Crippen LogP contribution in [0.1, 0.15) is 22.8 Å². The van der Waals surface area contributed by atoms with Crippen LogP contribution in [0.15, 0.2) is 36.4 Å². The molecule has 2 aromatic rings. The Balaban J connectivity index is 2.25. The number of carbonyl (C=O) groups excluding carboxylic acids is 1. The SMILES string of the molecule is CCOc1ccc(NC(=O)c2c(F)cccc2Cl)cc1CO. The maximum absolute atomic E-state index is 13.7. The van der Waals surface area contributed by atoms with Crippen molar-refractivity contribution in [3.63, 3.8) is 0 Å². The molecule has 1 amide bonds. The number of hydrogen-bond acceptors (Lipinski definition) is 3. The van der Waals surface area contributed by atoms with E-state index >= 15 is 0 Å². The van der Waals surface area contributed by atoms with Crippen molar-refractivity contribution in [1.82, 2.24) is 0 Å². The van der Waals surface area contributed by atoms with Gasteiger partial charge in [-0.2, -0.15) is 0 Å². The molecule has 0 fully saturated rings. The number of aliphatic hydroxyl groups excluding tert-OH is 1. The molecule has 0 unspecified atom stereocenters. The Kier molecular flexibility index (Phi) is 5.35. The van der Waals surface area contributed by atoms with Crippen LogP contribution < -0.4 is 10.1 Å². The van der Waals surface area contributed by atoms with E-state index in [1.807, 2.05) is 6.92 Å². The topological polar surface area (TPSA) is 58.6 Å². The standard InChI is InChI=1S/C16H15ClFNO3/c1-2-22-14-7-6-11(8-10(14)9-20)19-16(21)15-12(17)4-3-5-13(15)18/h3-8,20H,2,9H2,1H3,(H,19,21). The molecule has 0 atom stereocenters. The average molecular weight is 324 g/mol. The highest BCUT2D eigenvalue weighted by molar-refractivity contribution is 6.34. The van der Waals surface area contributed by atoms with E-state index in [4.69, 9.17) is 16.3 Å². The Hall–Kier alpha value is -2.11. The quantitative estimate of drug-likeness (QED) is 0.883. The van der Waals surface area contributed by atoms with Gasteiger partial charge in [0.05, 0.1) is 23.8 Å². The number of hydrogen-bond donors (Lipinski definition) is 2. The van der Waals surface area contributed by atoms with Gasteiger partial charge in [-0.05, 0) is 37.3 Å². The monoisotopic (exact) mass is 323 g/mol. The second-order valence-corrected chi connectivity index (χ2v) is 4.87. The van der Waals surface area contributed by atoms with Gasteiger partial charge in [0, 0.05) is 11.3 Å². The summed E-state index contributed by atoms with van der Waals surface area (Å²) in [5, 5.41) is 11.9. The van der Waals surface area contributed by atoms with Crippen LogP contribution in [0, 0.1) is 5.82 Å². The summed E-state index contributed by atoms with van der Waals surface area (Å²) in [5.41, 5.74) is 0.722. The van der Waals surface area contributed by atoms with Crippen LogP contribution in [0.3, 0.4) is 0 Å². The summed E-state index contributed by atoms with van der Waals surface area (Å²) >= 11 is 5.85. The molecule has 0 aliphatic heterocycles. The molecule has 0 saturated heterocycles. The fourth-order valence-electron chi connectivity index (χ4n) is 1.99. The van der Waals surface area contributed by atoms with E-state index in [0.717, 1.165) is 6.07 Å². The molecular formula is C16H15ClFNO3. The van der Waals surface area contributed by atoms with E-state index in [9.17, 15) is 14.3 Å². The van der Waals surface area contributed by atoms with Gasteiger partial charge in [0.25, 0.3) is 5.91 Å². The molecule has 116 valence electrons. The number of amides is 1. The van der Waals surface area contributed by atoms with Crippen LogP contribution in [0.25, 0.3) is 0 Å². The first-order chi connectivity index (χ1) is 10.6. The lowest BCUT2D eigenvalue weighted by molar-refractivity contribution is 0.102. The van der Waals surface area contributed by atoms with Crippen LogP contribution in [-0.2, 0) is 6.61 Å². The van der Waals surface area contributed by atoms with E-state index in [1.54, 1.807) is 18.2 Å². The number of anilines is 1. The molecule has 2 aromatic carbocycles. The van der Waals surface area contributed by atoms with Gasteiger partial charge in [-0.25, -0.2) is 4.39 Å². The predicted molar refractivity (Wildman–Crippen MR) is 82.9 cm³/mol. The average Bonchev–Trinajstić information content (AvgIpc) is 2.48. The van der Waals surface area contributed by atoms with Gasteiger partial charge < -0.3 is 15.2 Å². The normalized spacial score (nSPS) is 10.4. The van der Waals surface area contributed by atoms with Crippen LogP contribution in [0.5, 0.6) is 5.75 Å². The highest BCUT2D eigenvalue weighted by Crippen LogP contribution is 2.25. The maximum atomic E-state index is 13.7. The number of nitrogens with one attached hydrogen (secondary N) is 1. The zero-order valence-electron chi connectivity index (χ0n) is 11.9. The Morgan fingerprint density at radius 1 is 1.36 bits per heavy atom. The molecule has 0 bridgehead atoms. The van der Waals surface area contributed by atoms with Gasteiger partial charge in [0.15, 0.2) is 0 Å². The zero-order valence-corrected chi connectivity index (χ0v) is 12.7. The summed E-state index contributed by atoms with van der Waals surface area (Å²) in [6.45, 7) is 2.06. The van der Waals surface area contributed by atoms with E-state index in [0.29, 0.717) is 23.6 Å². The Morgan fingerprint density at radius 3 is 2.77 bits per heavy atom. The Bertz CT molecular complexity index is 671. The summed E-state index contributed by atoms with van der Waals surface area (Å²) in [7, 11) is 0. The van der Waals surface area contributed by atoms with Crippen molar-refractivity contribution in [3.05, 3.63) is 58.4 Å². The number of aliphatic hydroxyl groups is 1. The van der Waals surface area contributed by atoms with E-state index < -0.39 is 11.7 Å². The fourth-order valence-corrected chi connectivity index (χ4v) is 2.23. The lowest BCUT2D eigenvalue weighted by atomic mass is 10.1. The van der Waals surface area contributed by atoms with Crippen molar-refractivity contribution >= 4 is 23.2 Å². The van der Waals surface area contributed by atoms with Gasteiger partial charge >= 0.3 is 0 Å². The fraction of sp³-hybridized carbons (Fsp3) is 0.188. The van der Waals surface area contributed by atoms with Gasteiger partial charge in [-0.1, -0.05) is 17.7 Å². The highest BCUT2D eigenvalue weighted by atomic mass is 35.5. The van der Waals surface area contributed by atoms with E-state index in [-0.39, 0.29) is 17.2 Å². The third-order valence-electron chi connectivity index (χ3n) is 2.98. The lowest BCUT2D eigenvalue weighted by Gasteiger charge is -2.12. The van der Waals surface area contributed by atoms with Crippen LogP contribution in [0.2, 0.25) is 5.02 Å². The third-order valence-corrected chi connectivity index (χ3v) is 3.29. The number of ether oxygens (including phenoxy) is 1. The van der Waals surface area contributed by atoms with Crippen molar-refractivity contribution in [2.45, 2.75) is 13.5 Å². The van der Waals surface area contributed by atoms with Crippen LogP contribution in [-0.4, -0.2) is 17.6 Å². The van der Waals surface area contributed by atoms with Gasteiger partial charge in [-0.3, -0.25) is 4.79 Å². The first-order valence-electron chi connectivity index (χ1n) is 6.68. The first-order valence-corrected chi connectivity index (χ1v) is 7.06. The second-order valence-electron chi connectivity index (χ2n) is 4.46.